The molecule has 6 heteroatoms. The molecule has 0 amide bonds. The predicted molar refractivity (Wildman–Crippen MR) is 102 cm³/mol. The van der Waals surface area contributed by atoms with Crippen molar-refractivity contribution in [1.82, 2.24) is 0 Å². The van der Waals surface area contributed by atoms with E-state index in [1.165, 1.54) is 0 Å². The molecule has 1 atom stereocenters. The smallest absolute Gasteiger partial charge is 0.338 e. The third-order valence-corrected chi connectivity index (χ3v) is 4.59. The van der Waals surface area contributed by atoms with Crippen LogP contribution in [0.25, 0.3) is 0 Å². The molecule has 0 bridgehead atoms. The molecule has 4 nitrogen and oxygen atoms in total. The summed E-state index contributed by atoms with van der Waals surface area (Å²) in [7, 11) is 0. The number of rotatable bonds is 7. The number of ether oxygens (including phenoxy) is 2. The summed E-state index contributed by atoms with van der Waals surface area (Å²) >= 11 is 12.2. The van der Waals surface area contributed by atoms with Crippen molar-refractivity contribution in [3.05, 3.63) is 69.2 Å². The first kappa shape index (κ1) is 20.3. The summed E-state index contributed by atoms with van der Waals surface area (Å²) in [5.41, 5.74) is 1.86. The minimum absolute atomic E-state index is 0.0716. The van der Waals surface area contributed by atoms with Gasteiger partial charge >= 0.3 is 11.9 Å². The van der Waals surface area contributed by atoms with Gasteiger partial charge in [0, 0.05) is 5.92 Å². The number of carbonyl (C=O) groups excluding carboxylic acids is 2. The molecule has 0 saturated heterocycles. The second kappa shape index (κ2) is 9.60. The standard InChI is InChI=1S/C20H20Cl2O4/c1-3-25-19(23)12-16(13-9-10-17(21)18(22)11-13)14-7-5-6-8-15(14)20(24)26-4-2/h5-11,16H,3-4,12H2,1-2H3. The van der Waals surface area contributed by atoms with Crippen molar-refractivity contribution in [3.63, 3.8) is 0 Å². The van der Waals surface area contributed by atoms with Crippen molar-refractivity contribution in [3.8, 4) is 0 Å². The molecule has 0 aromatic heterocycles. The molecule has 2 aromatic rings. The van der Waals surface area contributed by atoms with Gasteiger partial charge in [0.1, 0.15) is 0 Å². The van der Waals surface area contributed by atoms with Crippen LogP contribution in [0.3, 0.4) is 0 Å². The Morgan fingerprint density at radius 3 is 2.31 bits per heavy atom. The van der Waals surface area contributed by atoms with Crippen molar-refractivity contribution in [2.75, 3.05) is 13.2 Å². The Hall–Kier alpha value is -2.04. The fourth-order valence-corrected chi connectivity index (χ4v) is 3.03. The molecule has 0 aliphatic rings. The minimum Gasteiger partial charge on any atom is -0.466 e. The van der Waals surface area contributed by atoms with E-state index in [0.717, 1.165) is 5.56 Å². The van der Waals surface area contributed by atoms with E-state index in [9.17, 15) is 9.59 Å². The van der Waals surface area contributed by atoms with E-state index in [1.54, 1.807) is 50.2 Å². The Morgan fingerprint density at radius 1 is 0.962 bits per heavy atom. The summed E-state index contributed by atoms with van der Waals surface area (Å²) in [6.45, 7) is 4.04. The first-order chi connectivity index (χ1) is 12.5. The van der Waals surface area contributed by atoms with Crippen LogP contribution in [0.4, 0.5) is 0 Å². The zero-order chi connectivity index (χ0) is 19.1. The molecule has 0 N–H and O–H groups in total. The number of benzene rings is 2. The molecule has 0 heterocycles. The van der Waals surface area contributed by atoms with Gasteiger partial charge in [0.25, 0.3) is 0 Å². The second-order valence-electron chi connectivity index (χ2n) is 5.54. The molecule has 0 spiro atoms. The van der Waals surface area contributed by atoms with Crippen molar-refractivity contribution < 1.29 is 19.1 Å². The summed E-state index contributed by atoms with van der Waals surface area (Å²) in [4.78, 5) is 24.5. The van der Waals surface area contributed by atoms with Crippen molar-refractivity contribution in [1.29, 1.82) is 0 Å². The van der Waals surface area contributed by atoms with Gasteiger partial charge in [-0.2, -0.15) is 0 Å². The molecule has 1 unspecified atom stereocenters. The van der Waals surface area contributed by atoms with Crippen LogP contribution in [0.1, 0.15) is 47.7 Å². The number of carbonyl (C=O) groups is 2. The lowest BCUT2D eigenvalue weighted by molar-refractivity contribution is -0.143. The third-order valence-electron chi connectivity index (χ3n) is 3.85. The molecule has 2 rings (SSSR count). The van der Waals surface area contributed by atoms with E-state index in [2.05, 4.69) is 0 Å². The molecule has 0 radical (unpaired) electrons. The van der Waals surface area contributed by atoms with Crippen LogP contribution >= 0.6 is 23.2 Å². The Balaban J connectivity index is 2.52. The first-order valence-electron chi connectivity index (χ1n) is 8.34. The zero-order valence-corrected chi connectivity index (χ0v) is 16.1. The number of esters is 2. The van der Waals surface area contributed by atoms with Crippen LogP contribution in [0, 0.1) is 0 Å². The van der Waals surface area contributed by atoms with Crippen LogP contribution in [0.2, 0.25) is 10.0 Å². The Labute approximate surface area is 163 Å². The van der Waals surface area contributed by atoms with Gasteiger partial charge in [-0.05, 0) is 43.2 Å². The van der Waals surface area contributed by atoms with Crippen LogP contribution in [-0.4, -0.2) is 25.2 Å². The predicted octanol–water partition coefficient (Wildman–Crippen LogP) is 5.26. The molecule has 26 heavy (non-hydrogen) atoms. The molecular formula is C20H20Cl2O4. The average molecular weight is 395 g/mol. The Bertz CT molecular complexity index is 789. The normalized spacial score (nSPS) is 11.7. The van der Waals surface area contributed by atoms with Crippen molar-refractivity contribution in [2.45, 2.75) is 26.2 Å². The molecule has 2 aromatic carbocycles. The van der Waals surface area contributed by atoms with Gasteiger partial charge in [-0.25, -0.2) is 4.79 Å². The lowest BCUT2D eigenvalue weighted by Crippen LogP contribution is -2.16. The highest BCUT2D eigenvalue weighted by Crippen LogP contribution is 2.34. The first-order valence-corrected chi connectivity index (χ1v) is 9.10. The highest BCUT2D eigenvalue weighted by molar-refractivity contribution is 6.42. The summed E-state index contributed by atoms with van der Waals surface area (Å²) in [6, 6.07) is 12.2. The van der Waals surface area contributed by atoms with Gasteiger partial charge in [0.15, 0.2) is 0 Å². The maximum absolute atomic E-state index is 12.3. The summed E-state index contributed by atoms with van der Waals surface area (Å²) in [5.74, 6) is -1.20. The SMILES string of the molecule is CCOC(=O)CC(c1ccc(Cl)c(Cl)c1)c1ccccc1C(=O)OCC. The number of halogens is 2. The van der Waals surface area contributed by atoms with Gasteiger partial charge < -0.3 is 9.47 Å². The number of hydrogen-bond donors (Lipinski definition) is 0. The van der Waals surface area contributed by atoms with Gasteiger partial charge in [-0.15, -0.1) is 0 Å². The van der Waals surface area contributed by atoms with Crippen LogP contribution in [-0.2, 0) is 14.3 Å². The van der Waals surface area contributed by atoms with E-state index in [1.807, 2.05) is 6.07 Å². The fourth-order valence-electron chi connectivity index (χ4n) is 2.72. The quantitative estimate of drug-likeness (QED) is 0.601. The van der Waals surface area contributed by atoms with E-state index in [4.69, 9.17) is 32.7 Å². The van der Waals surface area contributed by atoms with Gasteiger partial charge in [0.05, 0.1) is 35.2 Å². The van der Waals surface area contributed by atoms with Crippen LogP contribution < -0.4 is 0 Å². The monoisotopic (exact) mass is 394 g/mol. The molecule has 0 aliphatic heterocycles. The largest absolute Gasteiger partial charge is 0.466 e. The van der Waals surface area contributed by atoms with Crippen molar-refractivity contribution in [2.24, 2.45) is 0 Å². The maximum Gasteiger partial charge on any atom is 0.338 e. The summed E-state index contributed by atoms with van der Waals surface area (Å²) in [5, 5.41) is 0.802. The summed E-state index contributed by atoms with van der Waals surface area (Å²) in [6.07, 6.45) is 0.0716. The van der Waals surface area contributed by atoms with Crippen LogP contribution in [0.15, 0.2) is 42.5 Å². The molecule has 0 fully saturated rings. The van der Waals surface area contributed by atoms with E-state index in [0.29, 0.717) is 21.2 Å². The van der Waals surface area contributed by atoms with E-state index in [-0.39, 0.29) is 25.6 Å². The highest BCUT2D eigenvalue weighted by atomic mass is 35.5. The van der Waals surface area contributed by atoms with Crippen LogP contribution in [0.5, 0.6) is 0 Å². The molecule has 0 aliphatic carbocycles. The van der Waals surface area contributed by atoms with Crippen molar-refractivity contribution >= 4 is 35.1 Å². The third kappa shape index (κ3) is 4.99. The molecular weight excluding hydrogens is 375 g/mol. The molecule has 0 saturated carbocycles. The number of hydrogen-bond acceptors (Lipinski definition) is 4. The Morgan fingerprint density at radius 2 is 1.65 bits per heavy atom. The minimum atomic E-state index is -0.433. The van der Waals surface area contributed by atoms with E-state index >= 15 is 0 Å². The van der Waals surface area contributed by atoms with Gasteiger partial charge in [-0.1, -0.05) is 47.5 Å². The second-order valence-corrected chi connectivity index (χ2v) is 6.36. The summed E-state index contributed by atoms with van der Waals surface area (Å²) < 4.78 is 10.3. The zero-order valence-electron chi connectivity index (χ0n) is 14.6. The van der Waals surface area contributed by atoms with Gasteiger partial charge in [0.2, 0.25) is 0 Å². The topological polar surface area (TPSA) is 52.6 Å². The van der Waals surface area contributed by atoms with Gasteiger partial charge in [-0.3, -0.25) is 4.79 Å². The lowest BCUT2D eigenvalue weighted by atomic mass is 9.85. The average Bonchev–Trinajstić information content (AvgIpc) is 2.62. The maximum atomic E-state index is 12.3. The Kier molecular flexibility index (Phi) is 7.49. The fraction of sp³-hybridized carbons (Fsp3) is 0.300. The van der Waals surface area contributed by atoms with E-state index < -0.39 is 11.9 Å². The highest BCUT2D eigenvalue weighted by Gasteiger charge is 2.25. The lowest BCUT2D eigenvalue weighted by Gasteiger charge is -2.20. The molecule has 138 valence electrons.